The molecule has 0 radical (unpaired) electrons. The molecule has 0 spiro atoms. The monoisotopic (exact) mass is 680 g/mol. The Morgan fingerprint density at radius 3 is 1.57 bits per heavy atom. The van der Waals surface area contributed by atoms with Crippen molar-refractivity contribution in [2.45, 2.75) is 53.4 Å². The molecule has 0 saturated carbocycles. The first-order valence-corrected chi connectivity index (χ1v) is 16.6. The van der Waals surface area contributed by atoms with E-state index in [2.05, 4.69) is 30.6 Å². The van der Waals surface area contributed by atoms with Crippen molar-refractivity contribution in [1.82, 2.24) is 30.6 Å². The van der Waals surface area contributed by atoms with Gasteiger partial charge in [0, 0.05) is 42.8 Å². The highest BCUT2D eigenvalue weighted by molar-refractivity contribution is 7.87. The van der Waals surface area contributed by atoms with E-state index in [1.54, 1.807) is 20.8 Å². The predicted molar refractivity (Wildman–Crippen MR) is 184 cm³/mol. The molecular formula is C36H36N6O6S. The first-order valence-electron chi connectivity index (χ1n) is 15.2. The maximum atomic E-state index is 12.3. The molecule has 4 aromatic carbocycles. The van der Waals surface area contributed by atoms with Crippen molar-refractivity contribution in [3.63, 3.8) is 0 Å². The van der Waals surface area contributed by atoms with E-state index in [1.807, 2.05) is 94.4 Å². The van der Waals surface area contributed by atoms with Crippen LogP contribution in [0.2, 0.25) is 0 Å². The predicted octanol–water partition coefficient (Wildman–Crippen LogP) is 7.86. The van der Waals surface area contributed by atoms with Gasteiger partial charge in [-0.05, 0) is 75.0 Å². The Hall–Kier alpha value is -5.53. The molecule has 252 valence electrons. The molecule has 13 heteroatoms. The SMILES string of the molecule is COS(=O)(=O)c1cc(-c2nnc(C)o2)cc2c(C)cc(C)cc12.Cc1ccc(-c2nnc(C)o2)cc1.Cc1cccc(-c2nnc(C)o2)c1. The molecule has 0 amide bonds. The molecule has 0 fully saturated rings. The number of rotatable bonds is 5. The third kappa shape index (κ3) is 8.50. The van der Waals surface area contributed by atoms with Crippen LogP contribution >= 0.6 is 0 Å². The molecule has 3 aromatic heterocycles. The second-order valence-electron chi connectivity index (χ2n) is 11.4. The summed E-state index contributed by atoms with van der Waals surface area (Å²) in [4.78, 5) is 0.0927. The number of benzene rings is 4. The van der Waals surface area contributed by atoms with Crippen LogP contribution in [0.4, 0.5) is 0 Å². The Morgan fingerprint density at radius 1 is 0.510 bits per heavy atom. The maximum Gasteiger partial charge on any atom is 0.297 e. The number of aryl methyl sites for hydroxylation is 7. The minimum atomic E-state index is -3.87. The maximum absolute atomic E-state index is 12.3. The number of hydrogen-bond donors (Lipinski definition) is 0. The topological polar surface area (TPSA) is 160 Å². The van der Waals surface area contributed by atoms with Crippen LogP contribution in [0, 0.1) is 48.5 Å². The standard InChI is InChI=1S/C16H16N2O4S.2C10H10N2O/c1-9-5-10(2)13-7-12(16-18-17-11(3)22-16)8-15(14(13)6-9)23(19,20)21-4;1-7-3-5-9(6-4-7)10-12-11-8(2)13-10;1-7-4-3-5-9(6-7)10-12-11-8(2)13-10/h5-8H,1-4H3;2*3-6H,1-2H3. The minimum absolute atomic E-state index is 0.0927. The molecule has 0 aliphatic heterocycles. The quantitative estimate of drug-likeness (QED) is 0.162. The fourth-order valence-electron chi connectivity index (χ4n) is 4.92. The summed E-state index contributed by atoms with van der Waals surface area (Å²) in [5.74, 6) is 3.04. The van der Waals surface area contributed by atoms with Crippen LogP contribution in [0.25, 0.3) is 45.1 Å². The molecule has 7 rings (SSSR count). The van der Waals surface area contributed by atoms with Crippen LogP contribution in [-0.2, 0) is 14.3 Å². The summed E-state index contributed by atoms with van der Waals surface area (Å²) in [7, 11) is -2.73. The Kier molecular flexibility index (Phi) is 10.4. The number of nitrogens with zero attached hydrogens (tertiary/aromatic N) is 6. The second-order valence-corrected chi connectivity index (χ2v) is 13.1. The average Bonchev–Trinajstić information content (AvgIpc) is 3.83. The summed E-state index contributed by atoms with van der Waals surface area (Å²) in [6.45, 7) is 13.2. The summed E-state index contributed by atoms with van der Waals surface area (Å²) in [6, 6.07) is 23.2. The van der Waals surface area contributed by atoms with Crippen molar-refractivity contribution in [2.24, 2.45) is 0 Å². The second kappa shape index (κ2) is 14.7. The number of fused-ring (bicyclic) bond motifs is 1. The summed E-state index contributed by atoms with van der Waals surface area (Å²) in [5, 5.41) is 24.6. The van der Waals surface area contributed by atoms with Crippen LogP contribution in [-0.4, -0.2) is 46.1 Å². The van der Waals surface area contributed by atoms with Gasteiger partial charge < -0.3 is 13.3 Å². The van der Waals surface area contributed by atoms with Gasteiger partial charge >= 0.3 is 0 Å². The fourth-order valence-corrected chi connectivity index (χ4v) is 5.81. The minimum Gasteiger partial charge on any atom is -0.421 e. The van der Waals surface area contributed by atoms with Crippen molar-refractivity contribution >= 4 is 20.9 Å². The molecule has 0 bridgehead atoms. The zero-order valence-corrected chi connectivity index (χ0v) is 29.3. The number of aromatic nitrogens is 6. The van der Waals surface area contributed by atoms with Crippen LogP contribution in [0.3, 0.4) is 0 Å². The van der Waals surface area contributed by atoms with E-state index in [1.165, 1.54) is 17.2 Å². The van der Waals surface area contributed by atoms with Gasteiger partial charge in [0.2, 0.25) is 35.3 Å². The molecular weight excluding hydrogens is 644 g/mol. The van der Waals surface area contributed by atoms with Crippen LogP contribution in [0.15, 0.2) is 90.9 Å². The average molecular weight is 681 g/mol. The van der Waals surface area contributed by atoms with Crippen molar-refractivity contribution in [1.29, 1.82) is 0 Å². The molecule has 0 aliphatic rings. The summed E-state index contributed by atoms with van der Waals surface area (Å²) in [6.07, 6.45) is 0. The lowest BCUT2D eigenvalue weighted by atomic mass is 10.00. The van der Waals surface area contributed by atoms with Crippen LogP contribution in [0.5, 0.6) is 0 Å². The Morgan fingerprint density at radius 2 is 1.06 bits per heavy atom. The molecule has 7 aromatic rings. The van der Waals surface area contributed by atoms with Crippen molar-refractivity contribution < 1.29 is 25.9 Å². The van der Waals surface area contributed by atoms with Gasteiger partial charge in [0.1, 0.15) is 4.90 Å². The van der Waals surface area contributed by atoms with Crippen LogP contribution in [0.1, 0.15) is 39.9 Å². The summed E-state index contributed by atoms with van der Waals surface area (Å²) in [5.41, 5.74) is 6.83. The molecule has 49 heavy (non-hydrogen) atoms. The number of hydrogen-bond acceptors (Lipinski definition) is 12. The lowest BCUT2D eigenvalue weighted by Crippen LogP contribution is -2.04. The van der Waals surface area contributed by atoms with Gasteiger partial charge in [0.05, 0.1) is 7.11 Å². The molecule has 0 saturated heterocycles. The van der Waals surface area contributed by atoms with Gasteiger partial charge in [0.25, 0.3) is 10.1 Å². The van der Waals surface area contributed by atoms with Gasteiger partial charge in [0.15, 0.2) is 0 Å². The highest BCUT2D eigenvalue weighted by Gasteiger charge is 2.21. The zero-order valence-electron chi connectivity index (χ0n) is 28.5. The summed E-state index contributed by atoms with van der Waals surface area (Å²) >= 11 is 0. The van der Waals surface area contributed by atoms with Crippen molar-refractivity contribution in [3.05, 3.63) is 113 Å². The zero-order chi connectivity index (χ0) is 35.3. The van der Waals surface area contributed by atoms with E-state index in [9.17, 15) is 8.42 Å². The van der Waals surface area contributed by atoms with E-state index >= 15 is 0 Å². The third-order valence-corrected chi connectivity index (χ3v) is 8.58. The van der Waals surface area contributed by atoms with Gasteiger partial charge in [-0.1, -0.05) is 53.1 Å². The highest BCUT2D eigenvalue weighted by Crippen LogP contribution is 2.33. The van der Waals surface area contributed by atoms with E-state index < -0.39 is 10.1 Å². The van der Waals surface area contributed by atoms with E-state index in [0.29, 0.717) is 40.4 Å². The van der Waals surface area contributed by atoms with Gasteiger partial charge in [-0.2, -0.15) is 8.42 Å². The largest absolute Gasteiger partial charge is 0.421 e. The van der Waals surface area contributed by atoms with Crippen LogP contribution < -0.4 is 0 Å². The first-order chi connectivity index (χ1) is 23.3. The molecule has 3 heterocycles. The molecule has 12 nitrogen and oxygen atoms in total. The molecule has 0 unspecified atom stereocenters. The van der Waals surface area contributed by atoms with Crippen molar-refractivity contribution in [3.8, 4) is 34.4 Å². The van der Waals surface area contributed by atoms with Gasteiger partial charge in [-0.25, -0.2) is 0 Å². The normalized spacial score (nSPS) is 11.1. The lowest BCUT2D eigenvalue weighted by Gasteiger charge is -2.11. The Bertz CT molecular complexity index is 2320. The summed E-state index contributed by atoms with van der Waals surface area (Å²) < 4.78 is 45.4. The molecule has 0 atom stereocenters. The lowest BCUT2D eigenvalue weighted by molar-refractivity contribution is 0.398. The van der Waals surface area contributed by atoms with E-state index in [4.69, 9.17) is 17.4 Å². The van der Waals surface area contributed by atoms with Crippen molar-refractivity contribution in [2.75, 3.05) is 7.11 Å². The Balaban J connectivity index is 0.000000154. The fraction of sp³-hybridized carbons (Fsp3) is 0.222. The smallest absolute Gasteiger partial charge is 0.297 e. The Labute approximate surface area is 284 Å². The van der Waals surface area contributed by atoms with E-state index in [0.717, 1.165) is 34.7 Å². The highest BCUT2D eigenvalue weighted by atomic mass is 32.2. The molecule has 0 N–H and O–H groups in total. The third-order valence-electron chi connectivity index (χ3n) is 7.26. The van der Waals surface area contributed by atoms with Gasteiger partial charge in [-0.3, -0.25) is 4.18 Å². The van der Waals surface area contributed by atoms with Gasteiger partial charge in [-0.15, -0.1) is 30.6 Å². The molecule has 0 aliphatic carbocycles. The first kappa shape index (κ1) is 34.8. The van der Waals surface area contributed by atoms with E-state index in [-0.39, 0.29) is 10.8 Å².